The van der Waals surface area contributed by atoms with E-state index in [9.17, 15) is 14.4 Å². The first-order valence-electron chi connectivity index (χ1n) is 8.81. The number of hydrogen-bond acceptors (Lipinski definition) is 5. The molecule has 144 valence electrons. The monoisotopic (exact) mass is 365 g/mol. The van der Waals surface area contributed by atoms with Crippen molar-refractivity contribution < 1.29 is 19.1 Å². The van der Waals surface area contributed by atoms with Crippen molar-refractivity contribution in [3.8, 4) is 0 Å². The van der Waals surface area contributed by atoms with Crippen LogP contribution in [0.1, 0.15) is 38.8 Å². The van der Waals surface area contributed by atoms with Crippen LogP contribution < -0.4 is 10.9 Å². The fourth-order valence-corrected chi connectivity index (χ4v) is 2.73. The third-order valence-electron chi connectivity index (χ3n) is 3.91. The summed E-state index contributed by atoms with van der Waals surface area (Å²) in [5.41, 5.74) is 0.835. The van der Waals surface area contributed by atoms with Gasteiger partial charge in [-0.25, -0.2) is 9.59 Å². The fraction of sp³-hybridized carbons (Fsp3) is 0.611. The second-order valence-electron chi connectivity index (χ2n) is 7.12. The molecule has 1 N–H and O–H groups in total. The van der Waals surface area contributed by atoms with E-state index in [1.165, 1.54) is 9.47 Å². The van der Waals surface area contributed by atoms with Crippen molar-refractivity contribution >= 4 is 12.2 Å². The molecule has 0 radical (unpaired) electrons. The first-order chi connectivity index (χ1) is 12.2. The van der Waals surface area contributed by atoms with E-state index in [0.717, 1.165) is 5.56 Å². The second kappa shape index (κ2) is 8.25. The van der Waals surface area contributed by atoms with Gasteiger partial charge in [-0.1, -0.05) is 0 Å². The van der Waals surface area contributed by atoms with Crippen LogP contribution in [0.15, 0.2) is 17.1 Å². The molecular weight excluding hydrogens is 338 g/mol. The summed E-state index contributed by atoms with van der Waals surface area (Å²) in [6.45, 7) is 8.79. The van der Waals surface area contributed by atoms with Crippen LogP contribution >= 0.6 is 0 Å². The molecule has 0 unspecified atom stereocenters. The lowest BCUT2D eigenvalue weighted by atomic mass is 10.0. The van der Waals surface area contributed by atoms with E-state index in [-0.39, 0.29) is 18.6 Å². The number of pyridine rings is 1. The Morgan fingerprint density at radius 1 is 1.31 bits per heavy atom. The Hall–Kier alpha value is -2.51. The van der Waals surface area contributed by atoms with E-state index in [2.05, 4.69) is 5.32 Å². The summed E-state index contributed by atoms with van der Waals surface area (Å²) in [7, 11) is 0. The van der Waals surface area contributed by atoms with Crippen LogP contribution in [0.5, 0.6) is 0 Å². The lowest BCUT2D eigenvalue weighted by Crippen LogP contribution is -2.41. The Balaban J connectivity index is 2.00. The largest absolute Gasteiger partial charge is 0.450 e. The Bertz CT molecular complexity index is 721. The van der Waals surface area contributed by atoms with Crippen molar-refractivity contribution in [2.24, 2.45) is 0 Å². The van der Waals surface area contributed by atoms with Crippen molar-refractivity contribution in [3.63, 3.8) is 0 Å². The molecule has 8 heteroatoms. The zero-order valence-corrected chi connectivity index (χ0v) is 15.8. The Morgan fingerprint density at radius 2 is 2.04 bits per heavy atom. The predicted molar refractivity (Wildman–Crippen MR) is 96.1 cm³/mol. The lowest BCUT2D eigenvalue weighted by Gasteiger charge is -2.28. The second-order valence-corrected chi connectivity index (χ2v) is 7.12. The highest BCUT2D eigenvalue weighted by Crippen LogP contribution is 2.16. The SMILES string of the molecule is CCOC(=O)N1CCc2ccn(CCNC(=O)OC(C)(C)C)c(=O)c2C1. The van der Waals surface area contributed by atoms with Gasteiger partial charge in [0.15, 0.2) is 0 Å². The van der Waals surface area contributed by atoms with E-state index < -0.39 is 17.8 Å². The number of nitrogens with zero attached hydrogens (tertiary/aromatic N) is 2. The molecule has 0 spiro atoms. The summed E-state index contributed by atoms with van der Waals surface area (Å²) in [4.78, 5) is 37.8. The fourth-order valence-electron chi connectivity index (χ4n) is 2.73. The summed E-state index contributed by atoms with van der Waals surface area (Å²) in [6.07, 6.45) is 1.43. The number of amides is 2. The van der Waals surface area contributed by atoms with Crippen molar-refractivity contribution in [2.75, 3.05) is 19.7 Å². The van der Waals surface area contributed by atoms with Crippen LogP contribution in [0.4, 0.5) is 9.59 Å². The minimum atomic E-state index is -0.566. The molecule has 26 heavy (non-hydrogen) atoms. The molecule has 1 aromatic rings. The van der Waals surface area contributed by atoms with E-state index >= 15 is 0 Å². The Labute approximate surface area is 153 Å². The average molecular weight is 365 g/mol. The van der Waals surface area contributed by atoms with E-state index in [1.54, 1.807) is 33.9 Å². The standard InChI is InChI=1S/C18H27N3O5/c1-5-25-17(24)21-10-7-13-6-9-20(15(22)14(13)12-21)11-8-19-16(23)26-18(2,3)4/h6,9H,5,7-8,10-12H2,1-4H3,(H,19,23). The van der Waals surface area contributed by atoms with Gasteiger partial charge in [-0.2, -0.15) is 0 Å². The van der Waals surface area contributed by atoms with Gasteiger partial charge in [-0.3, -0.25) is 4.79 Å². The van der Waals surface area contributed by atoms with Gasteiger partial charge in [0.05, 0.1) is 13.2 Å². The number of carbonyl (C=O) groups excluding carboxylic acids is 2. The quantitative estimate of drug-likeness (QED) is 0.880. The normalized spacial score (nSPS) is 13.8. The molecule has 2 heterocycles. The Kier molecular flexibility index (Phi) is 6.28. The van der Waals surface area contributed by atoms with Crippen LogP contribution in [-0.4, -0.2) is 47.0 Å². The molecule has 0 aliphatic carbocycles. The third-order valence-corrected chi connectivity index (χ3v) is 3.91. The molecule has 8 nitrogen and oxygen atoms in total. The minimum Gasteiger partial charge on any atom is -0.450 e. The number of aromatic nitrogens is 1. The topological polar surface area (TPSA) is 89.9 Å². The molecule has 0 saturated carbocycles. The van der Waals surface area contributed by atoms with E-state index in [4.69, 9.17) is 9.47 Å². The minimum absolute atomic E-state index is 0.150. The molecular formula is C18H27N3O5. The van der Waals surface area contributed by atoms with Gasteiger partial charge in [0.1, 0.15) is 5.60 Å². The average Bonchev–Trinajstić information content (AvgIpc) is 2.55. The predicted octanol–water partition coefficient (Wildman–Crippen LogP) is 1.89. The van der Waals surface area contributed by atoms with Crippen LogP contribution in [0.3, 0.4) is 0 Å². The van der Waals surface area contributed by atoms with E-state index in [1.807, 2.05) is 6.07 Å². The smallest absolute Gasteiger partial charge is 0.410 e. The first-order valence-corrected chi connectivity index (χ1v) is 8.81. The molecule has 0 aromatic carbocycles. The number of fused-ring (bicyclic) bond motifs is 1. The van der Waals surface area contributed by atoms with Crippen LogP contribution in [0, 0.1) is 0 Å². The van der Waals surface area contributed by atoms with Gasteiger partial charge in [0.25, 0.3) is 5.56 Å². The molecule has 2 rings (SSSR count). The third kappa shape index (κ3) is 5.24. The maximum absolute atomic E-state index is 12.7. The molecule has 2 amide bonds. The van der Waals surface area contributed by atoms with Gasteiger partial charge in [0, 0.05) is 31.4 Å². The number of alkyl carbamates (subject to hydrolysis) is 1. The number of ether oxygens (including phenoxy) is 2. The van der Waals surface area contributed by atoms with Gasteiger partial charge in [-0.15, -0.1) is 0 Å². The van der Waals surface area contributed by atoms with E-state index in [0.29, 0.717) is 31.7 Å². The number of hydrogen-bond donors (Lipinski definition) is 1. The van der Waals surface area contributed by atoms with Crippen LogP contribution in [0.25, 0.3) is 0 Å². The highest BCUT2D eigenvalue weighted by molar-refractivity contribution is 5.68. The van der Waals surface area contributed by atoms with Gasteiger partial charge < -0.3 is 24.3 Å². The molecule has 1 aromatic heterocycles. The molecule has 1 aliphatic rings. The van der Waals surface area contributed by atoms with Gasteiger partial charge in [0.2, 0.25) is 0 Å². The maximum Gasteiger partial charge on any atom is 0.410 e. The maximum atomic E-state index is 12.7. The van der Waals surface area contributed by atoms with Crippen molar-refractivity contribution in [1.82, 2.24) is 14.8 Å². The zero-order valence-electron chi connectivity index (χ0n) is 15.8. The van der Waals surface area contributed by atoms with Crippen molar-refractivity contribution in [1.29, 1.82) is 0 Å². The summed E-state index contributed by atoms with van der Waals surface area (Å²) in [5.74, 6) is 0. The molecule has 0 atom stereocenters. The molecule has 0 saturated heterocycles. The van der Waals surface area contributed by atoms with Crippen LogP contribution in [-0.2, 0) is 29.0 Å². The molecule has 1 aliphatic heterocycles. The summed E-state index contributed by atoms with van der Waals surface area (Å²) < 4.78 is 11.7. The summed E-state index contributed by atoms with van der Waals surface area (Å²) in [6, 6.07) is 1.90. The molecule has 0 bridgehead atoms. The molecule has 0 fully saturated rings. The zero-order chi connectivity index (χ0) is 19.3. The number of rotatable bonds is 4. The first kappa shape index (κ1) is 19.8. The highest BCUT2D eigenvalue weighted by atomic mass is 16.6. The number of carbonyl (C=O) groups is 2. The van der Waals surface area contributed by atoms with Crippen molar-refractivity contribution in [2.45, 2.75) is 52.8 Å². The number of nitrogens with one attached hydrogen (secondary N) is 1. The van der Waals surface area contributed by atoms with Crippen LogP contribution in [0.2, 0.25) is 0 Å². The lowest BCUT2D eigenvalue weighted by molar-refractivity contribution is 0.0525. The van der Waals surface area contributed by atoms with Gasteiger partial charge >= 0.3 is 12.2 Å². The highest BCUT2D eigenvalue weighted by Gasteiger charge is 2.24. The summed E-state index contributed by atoms with van der Waals surface area (Å²) in [5, 5.41) is 2.63. The van der Waals surface area contributed by atoms with Crippen molar-refractivity contribution in [3.05, 3.63) is 33.7 Å². The van der Waals surface area contributed by atoms with Gasteiger partial charge in [-0.05, 0) is 45.7 Å². The Morgan fingerprint density at radius 3 is 2.69 bits per heavy atom. The summed E-state index contributed by atoms with van der Waals surface area (Å²) >= 11 is 0.